The first kappa shape index (κ1) is 11.5. The molecule has 0 aliphatic rings. The molecule has 0 rings (SSSR count). The smallest absolute Gasteiger partial charge is 0.333 e. The summed E-state index contributed by atoms with van der Waals surface area (Å²) in [6, 6.07) is 0. The van der Waals surface area contributed by atoms with E-state index < -0.39 is 0 Å². The van der Waals surface area contributed by atoms with Crippen LogP contribution in [0.15, 0.2) is 12.2 Å². The van der Waals surface area contributed by atoms with Crippen LogP contribution < -0.4 is 0 Å². The minimum atomic E-state index is -0.312. The second-order valence-electron chi connectivity index (χ2n) is 1.50. The molecule has 2 nitrogen and oxygen atoms in total. The van der Waals surface area contributed by atoms with Gasteiger partial charge in [0, 0.05) is 5.57 Å². The number of esters is 1. The van der Waals surface area contributed by atoms with E-state index in [0.29, 0.717) is 12.2 Å². The van der Waals surface area contributed by atoms with Crippen LogP contribution in [0.4, 0.5) is 0 Å². The summed E-state index contributed by atoms with van der Waals surface area (Å²) >= 11 is 0. The normalized spacial score (nSPS) is 7.33. The van der Waals surface area contributed by atoms with E-state index >= 15 is 0 Å². The van der Waals surface area contributed by atoms with Gasteiger partial charge in [-0.25, -0.2) is 4.79 Å². The van der Waals surface area contributed by atoms with Gasteiger partial charge in [-0.1, -0.05) is 6.58 Å². The van der Waals surface area contributed by atoms with Gasteiger partial charge in [0.05, 0.1) is 6.61 Å². The Morgan fingerprint density at radius 2 is 2.11 bits per heavy atom. The van der Waals surface area contributed by atoms with Gasteiger partial charge in [-0.2, -0.15) is 0 Å². The second kappa shape index (κ2) is 5.82. The number of carbonyl (C=O) groups excluding carboxylic acids is 1. The van der Waals surface area contributed by atoms with Gasteiger partial charge < -0.3 is 4.74 Å². The van der Waals surface area contributed by atoms with Crippen molar-refractivity contribution in [2.45, 2.75) is 13.8 Å². The Balaban J connectivity index is 0. The van der Waals surface area contributed by atoms with E-state index in [1.54, 1.807) is 13.8 Å². The molecule has 0 bridgehead atoms. The largest absolute Gasteiger partial charge is 0.463 e. The van der Waals surface area contributed by atoms with Crippen molar-refractivity contribution in [3.05, 3.63) is 12.2 Å². The first-order valence-electron chi connectivity index (χ1n) is 2.51. The molecule has 0 unspecified atom stereocenters. The molecule has 0 N–H and O–H groups in total. The van der Waals surface area contributed by atoms with Gasteiger partial charge >= 0.3 is 5.97 Å². The van der Waals surface area contributed by atoms with E-state index in [9.17, 15) is 4.79 Å². The summed E-state index contributed by atoms with van der Waals surface area (Å²) in [4.78, 5) is 10.4. The highest BCUT2D eigenvalue weighted by molar-refractivity contribution is 8.93. The molecule has 0 spiro atoms. The molecule has 0 fully saturated rings. The van der Waals surface area contributed by atoms with Gasteiger partial charge in [-0.05, 0) is 13.8 Å². The van der Waals surface area contributed by atoms with Crippen LogP contribution in [0.2, 0.25) is 0 Å². The Labute approximate surface area is 65.7 Å². The van der Waals surface area contributed by atoms with E-state index in [4.69, 9.17) is 0 Å². The van der Waals surface area contributed by atoms with Crippen molar-refractivity contribution in [2.24, 2.45) is 0 Å². The maximum atomic E-state index is 10.4. The lowest BCUT2D eigenvalue weighted by Crippen LogP contribution is -2.03. The second-order valence-corrected chi connectivity index (χ2v) is 1.50. The Kier molecular flexibility index (Phi) is 7.43. The fourth-order valence-electron chi connectivity index (χ4n) is 0.254. The fraction of sp³-hybridized carbons (Fsp3) is 0.500. The van der Waals surface area contributed by atoms with Crippen LogP contribution in [0.5, 0.6) is 0 Å². The fourth-order valence-corrected chi connectivity index (χ4v) is 0.254. The Morgan fingerprint density at radius 1 is 1.67 bits per heavy atom. The van der Waals surface area contributed by atoms with Crippen LogP contribution in [-0.2, 0) is 9.53 Å². The molecule has 0 aliphatic carbocycles. The van der Waals surface area contributed by atoms with E-state index in [-0.39, 0.29) is 23.0 Å². The minimum absolute atomic E-state index is 0. The number of rotatable bonds is 2. The minimum Gasteiger partial charge on any atom is -0.463 e. The topological polar surface area (TPSA) is 26.3 Å². The molecule has 0 atom stereocenters. The van der Waals surface area contributed by atoms with Crippen molar-refractivity contribution in [1.29, 1.82) is 0 Å². The lowest BCUT2D eigenvalue weighted by Gasteiger charge is -1.96. The summed E-state index contributed by atoms with van der Waals surface area (Å²) < 4.78 is 4.56. The maximum absolute atomic E-state index is 10.4. The average molecular weight is 195 g/mol. The van der Waals surface area contributed by atoms with Crippen molar-refractivity contribution in [3.63, 3.8) is 0 Å². The van der Waals surface area contributed by atoms with Crippen molar-refractivity contribution < 1.29 is 9.53 Å². The quantitative estimate of drug-likeness (QED) is 0.495. The molecule has 0 aliphatic heterocycles. The zero-order chi connectivity index (χ0) is 6.57. The van der Waals surface area contributed by atoms with Crippen LogP contribution in [0.3, 0.4) is 0 Å². The lowest BCUT2D eigenvalue weighted by atomic mass is 10.4. The van der Waals surface area contributed by atoms with Gasteiger partial charge in [0.25, 0.3) is 0 Å². The highest BCUT2D eigenvalue weighted by Crippen LogP contribution is 1.89. The van der Waals surface area contributed by atoms with Crippen molar-refractivity contribution >= 4 is 23.0 Å². The standard InChI is InChI=1S/C6H10O2.BrH/c1-4-8-6(7)5(2)3;/h2,4H2,1,3H3;1H. The molecule has 54 valence electrons. The molecule has 0 aromatic rings. The summed E-state index contributed by atoms with van der Waals surface area (Å²) in [5.74, 6) is -0.312. The monoisotopic (exact) mass is 194 g/mol. The average Bonchev–Trinajstić information content (AvgIpc) is 1.67. The molecular formula is C6H11BrO2. The van der Waals surface area contributed by atoms with Gasteiger partial charge in [-0.15, -0.1) is 17.0 Å². The van der Waals surface area contributed by atoms with Crippen molar-refractivity contribution in [1.82, 2.24) is 0 Å². The van der Waals surface area contributed by atoms with Crippen LogP contribution in [0.1, 0.15) is 13.8 Å². The van der Waals surface area contributed by atoms with E-state index in [1.807, 2.05) is 0 Å². The predicted octanol–water partition coefficient (Wildman–Crippen LogP) is 1.70. The molecular weight excluding hydrogens is 184 g/mol. The Morgan fingerprint density at radius 3 is 2.22 bits per heavy atom. The maximum Gasteiger partial charge on any atom is 0.333 e. The molecule has 0 amide bonds. The van der Waals surface area contributed by atoms with E-state index in [2.05, 4.69) is 11.3 Å². The number of halogens is 1. The Hall–Kier alpha value is -0.310. The van der Waals surface area contributed by atoms with E-state index in [0.717, 1.165) is 0 Å². The number of carbonyl (C=O) groups is 1. The third-order valence-corrected chi connectivity index (χ3v) is 0.624. The zero-order valence-corrected chi connectivity index (χ0v) is 7.35. The summed E-state index contributed by atoms with van der Waals surface area (Å²) in [6.45, 7) is 7.21. The highest BCUT2D eigenvalue weighted by atomic mass is 79.9. The molecule has 0 aromatic heterocycles. The summed E-state index contributed by atoms with van der Waals surface area (Å²) in [5.41, 5.74) is 0.451. The van der Waals surface area contributed by atoms with Crippen molar-refractivity contribution in [3.8, 4) is 0 Å². The van der Waals surface area contributed by atoms with Crippen molar-refractivity contribution in [2.75, 3.05) is 6.61 Å². The molecule has 0 radical (unpaired) electrons. The van der Waals surface area contributed by atoms with Gasteiger partial charge in [-0.3, -0.25) is 0 Å². The van der Waals surface area contributed by atoms with Crippen LogP contribution in [0, 0.1) is 0 Å². The molecule has 0 heterocycles. The molecule has 0 aromatic carbocycles. The lowest BCUT2D eigenvalue weighted by molar-refractivity contribution is -0.138. The molecule has 0 saturated carbocycles. The Bertz CT molecular complexity index is 110. The number of hydrogen-bond donors (Lipinski definition) is 0. The van der Waals surface area contributed by atoms with Gasteiger partial charge in [0.1, 0.15) is 0 Å². The first-order chi connectivity index (χ1) is 3.68. The van der Waals surface area contributed by atoms with Gasteiger partial charge in [0.2, 0.25) is 0 Å². The number of ether oxygens (including phenoxy) is 1. The van der Waals surface area contributed by atoms with Crippen LogP contribution >= 0.6 is 17.0 Å². The first-order valence-corrected chi connectivity index (χ1v) is 2.51. The predicted molar refractivity (Wildman–Crippen MR) is 41.8 cm³/mol. The molecule has 9 heavy (non-hydrogen) atoms. The zero-order valence-electron chi connectivity index (χ0n) is 5.64. The summed E-state index contributed by atoms with van der Waals surface area (Å²) in [7, 11) is 0. The molecule has 0 saturated heterocycles. The van der Waals surface area contributed by atoms with E-state index in [1.165, 1.54) is 0 Å². The summed E-state index contributed by atoms with van der Waals surface area (Å²) in [6.07, 6.45) is 0. The summed E-state index contributed by atoms with van der Waals surface area (Å²) in [5, 5.41) is 0. The van der Waals surface area contributed by atoms with Gasteiger partial charge in [0.15, 0.2) is 0 Å². The van der Waals surface area contributed by atoms with Crippen LogP contribution in [0.25, 0.3) is 0 Å². The SMILES string of the molecule is Br.C=C(C)C(=O)OCC. The molecule has 3 heteroatoms. The number of hydrogen-bond acceptors (Lipinski definition) is 2. The van der Waals surface area contributed by atoms with Crippen LogP contribution in [-0.4, -0.2) is 12.6 Å². The third-order valence-electron chi connectivity index (χ3n) is 0.624. The highest BCUT2D eigenvalue weighted by Gasteiger charge is 1.98. The third kappa shape index (κ3) is 5.56.